The second kappa shape index (κ2) is 6.41. The van der Waals surface area contributed by atoms with Crippen molar-refractivity contribution in [1.82, 2.24) is 5.32 Å². The van der Waals surface area contributed by atoms with Gasteiger partial charge < -0.3 is 15.4 Å². The maximum Gasteiger partial charge on any atom is 0.185 e. The van der Waals surface area contributed by atoms with Crippen molar-refractivity contribution in [3.05, 3.63) is 29.3 Å². The van der Waals surface area contributed by atoms with E-state index in [2.05, 4.69) is 10.6 Å². The van der Waals surface area contributed by atoms with E-state index in [1.54, 1.807) is 6.92 Å². The monoisotopic (exact) mass is 292 g/mol. The highest BCUT2D eigenvalue weighted by molar-refractivity contribution is 5.48. The van der Waals surface area contributed by atoms with Crippen molar-refractivity contribution in [2.24, 2.45) is 0 Å². The first-order valence-corrected chi connectivity index (χ1v) is 6.39. The minimum Gasteiger partial charge on any atom is -0.379 e. The van der Waals surface area contributed by atoms with Crippen LogP contribution in [0.5, 0.6) is 0 Å². The average molecular weight is 292 g/mol. The summed E-state index contributed by atoms with van der Waals surface area (Å²) in [4.78, 5) is 0. The first-order valence-electron chi connectivity index (χ1n) is 6.39. The SMILES string of the molecule is CC(CC1COCCN1)Nc1c(F)c(F)cc(F)c1F. The fourth-order valence-electron chi connectivity index (χ4n) is 2.20. The largest absolute Gasteiger partial charge is 0.379 e. The van der Waals surface area contributed by atoms with Crippen molar-refractivity contribution in [2.45, 2.75) is 25.4 Å². The quantitative estimate of drug-likeness (QED) is 0.660. The number of ether oxygens (including phenoxy) is 1. The molecule has 7 heteroatoms. The molecule has 0 saturated carbocycles. The predicted octanol–water partition coefficient (Wildman–Crippen LogP) is 2.42. The molecule has 0 amide bonds. The van der Waals surface area contributed by atoms with Crippen LogP contribution in [0.2, 0.25) is 0 Å². The van der Waals surface area contributed by atoms with Gasteiger partial charge in [0.15, 0.2) is 23.3 Å². The molecule has 1 fully saturated rings. The summed E-state index contributed by atoms with van der Waals surface area (Å²) in [5.74, 6) is -5.66. The number of hydrogen-bond acceptors (Lipinski definition) is 3. The molecule has 20 heavy (non-hydrogen) atoms. The molecule has 0 bridgehead atoms. The van der Waals surface area contributed by atoms with Crippen molar-refractivity contribution >= 4 is 5.69 Å². The van der Waals surface area contributed by atoms with Gasteiger partial charge in [0.25, 0.3) is 0 Å². The molecule has 112 valence electrons. The van der Waals surface area contributed by atoms with Crippen LogP contribution in [0.4, 0.5) is 23.2 Å². The number of halogens is 4. The van der Waals surface area contributed by atoms with E-state index in [0.29, 0.717) is 26.2 Å². The van der Waals surface area contributed by atoms with Crippen molar-refractivity contribution < 1.29 is 22.3 Å². The lowest BCUT2D eigenvalue weighted by atomic mass is 10.1. The van der Waals surface area contributed by atoms with Gasteiger partial charge in [0.05, 0.1) is 13.2 Å². The predicted molar refractivity (Wildman–Crippen MR) is 66.6 cm³/mol. The zero-order valence-electron chi connectivity index (χ0n) is 11.0. The lowest BCUT2D eigenvalue weighted by Gasteiger charge is -2.27. The highest BCUT2D eigenvalue weighted by atomic mass is 19.2. The number of benzene rings is 1. The van der Waals surface area contributed by atoms with Gasteiger partial charge in [0.2, 0.25) is 0 Å². The first-order chi connectivity index (χ1) is 9.49. The molecule has 2 N–H and O–H groups in total. The van der Waals surface area contributed by atoms with Gasteiger partial charge in [-0.2, -0.15) is 0 Å². The van der Waals surface area contributed by atoms with Crippen LogP contribution in [-0.4, -0.2) is 31.8 Å². The molecule has 1 heterocycles. The van der Waals surface area contributed by atoms with Gasteiger partial charge in [0.1, 0.15) is 5.69 Å². The van der Waals surface area contributed by atoms with E-state index in [4.69, 9.17) is 4.74 Å². The summed E-state index contributed by atoms with van der Waals surface area (Å²) < 4.78 is 58.4. The van der Waals surface area contributed by atoms with Gasteiger partial charge >= 0.3 is 0 Å². The first kappa shape index (κ1) is 15.1. The molecule has 0 radical (unpaired) electrons. The summed E-state index contributed by atoms with van der Waals surface area (Å²) in [6.07, 6.45) is 0.511. The zero-order chi connectivity index (χ0) is 14.7. The van der Waals surface area contributed by atoms with E-state index in [-0.39, 0.29) is 18.2 Å². The Hall–Kier alpha value is -1.34. The van der Waals surface area contributed by atoms with Crippen LogP contribution in [0.15, 0.2) is 6.07 Å². The summed E-state index contributed by atoms with van der Waals surface area (Å²) in [5.41, 5.74) is -0.772. The van der Waals surface area contributed by atoms with E-state index in [1.807, 2.05) is 0 Å². The Morgan fingerprint density at radius 1 is 1.30 bits per heavy atom. The Morgan fingerprint density at radius 3 is 2.50 bits per heavy atom. The van der Waals surface area contributed by atoms with Crippen molar-refractivity contribution in [3.63, 3.8) is 0 Å². The van der Waals surface area contributed by atoms with Crippen molar-refractivity contribution in [1.29, 1.82) is 0 Å². The normalized spacial score (nSPS) is 20.8. The second-order valence-corrected chi connectivity index (χ2v) is 4.85. The van der Waals surface area contributed by atoms with E-state index in [0.717, 1.165) is 0 Å². The third-order valence-electron chi connectivity index (χ3n) is 3.14. The summed E-state index contributed by atoms with van der Waals surface area (Å²) in [6, 6.07) is -0.146. The Morgan fingerprint density at radius 2 is 1.95 bits per heavy atom. The van der Waals surface area contributed by atoms with Crippen LogP contribution in [0.1, 0.15) is 13.3 Å². The van der Waals surface area contributed by atoms with Gasteiger partial charge in [-0.05, 0) is 13.3 Å². The molecule has 1 aliphatic heterocycles. The van der Waals surface area contributed by atoms with Gasteiger partial charge in [-0.3, -0.25) is 0 Å². The molecule has 1 aromatic rings. The Bertz CT molecular complexity index is 452. The number of nitrogens with one attached hydrogen (secondary N) is 2. The van der Waals surface area contributed by atoms with Crippen LogP contribution in [0.3, 0.4) is 0 Å². The molecule has 1 aliphatic rings. The number of morpholine rings is 1. The number of hydrogen-bond donors (Lipinski definition) is 2. The molecule has 2 unspecified atom stereocenters. The molecular formula is C13H16F4N2O. The number of rotatable bonds is 4. The van der Waals surface area contributed by atoms with Gasteiger partial charge in [-0.15, -0.1) is 0 Å². The molecule has 1 saturated heterocycles. The molecule has 1 aromatic carbocycles. The average Bonchev–Trinajstić information content (AvgIpc) is 2.42. The molecule has 3 nitrogen and oxygen atoms in total. The second-order valence-electron chi connectivity index (χ2n) is 4.85. The molecule has 0 spiro atoms. The molecular weight excluding hydrogens is 276 g/mol. The lowest BCUT2D eigenvalue weighted by molar-refractivity contribution is 0.0731. The summed E-state index contributed by atoms with van der Waals surface area (Å²) in [5, 5.41) is 5.67. The third-order valence-corrected chi connectivity index (χ3v) is 3.14. The standard InChI is InChI=1S/C13H16F4N2O/c1-7(4-8-6-20-3-2-18-8)19-13-11(16)9(14)5-10(15)12(13)17/h5,7-8,18-19H,2-4,6H2,1H3. The highest BCUT2D eigenvalue weighted by Crippen LogP contribution is 2.25. The van der Waals surface area contributed by atoms with Gasteiger partial charge in [0, 0.05) is 24.7 Å². The minimum absolute atomic E-state index is 0.0378. The molecule has 2 rings (SSSR count). The lowest BCUT2D eigenvalue weighted by Crippen LogP contribution is -2.43. The van der Waals surface area contributed by atoms with Crippen molar-refractivity contribution in [3.8, 4) is 0 Å². The van der Waals surface area contributed by atoms with E-state index in [1.165, 1.54) is 0 Å². The van der Waals surface area contributed by atoms with Crippen LogP contribution in [-0.2, 0) is 4.74 Å². The van der Waals surface area contributed by atoms with Crippen LogP contribution >= 0.6 is 0 Å². The smallest absolute Gasteiger partial charge is 0.185 e. The molecule has 2 atom stereocenters. The van der Waals surface area contributed by atoms with Crippen LogP contribution in [0, 0.1) is 23.3 Å². The fraction of sp³-hybridized carbons (Fsp3) is 0.538. The van der Waals surface area contributed by atoms with Crippen molar-refractivity contribution in [2.75, 3.05) is 25.1 Å². The third kappa shape index (κ3) is 3.40. The van der Waals surface area contributed by atoms with Crippen LogP contribution in [0.25, 0.3) is 0 Å². The summed E-state index contributed by atoms with van der Waals surface area (Å²) >= 11 is 0. The van der Waals surface area contributed by atoms with E-state index < -0.39 is 29.0 Å². The van der Waals surface area contributed by atoms with E-state index >= 15 is 0 Å². The van der Waals surface area contributed by atoms with Gasteiger partial charge in [-0.25, -0.2) is 17.6 Å². The Balaban J connectivity index is 2.05. The summed E-state index contributed by atoms with van der Waals surface area (Å²) in [6.45, 7) is 3.50. The highest BCUT2D eigenvalue weighted by Gasteiger charge is 2.22. The van der Waals surface area contributed by atoms with Crippen LogP contribution < -0.4 is 10.6 Å². The molecule has 0 aliphatic carbocycles. The topological polar surface area (TPSA) is 33.3 Å². The van der Waals surface area contributed by atoms with E-state index in [9.17, 15) is 17.6 Å². The Kier molecular flexibility index (Phi) is 4.82. The Labute approximate surface area is 114 Å². The maximum absolute atomic E-state index is 13.5. The van der Waals surface area contributed by atoms with Gasteiger partial charge in [-0.1, -0.05) is 0 Å². The zero-order valence-corrected chi connectivity index (χ0v) is 11.0. The summed E-state index contributed by atoms with van der Waals surface area (Å²) in [7, 11) is 0. The maximum atomic E-state index is 13.5. The minimum atomic E-state index is -1.42. The fourth-order valence-corrected chi connectivity index (χ4v) is 2.20. The number of anilines is 1. The molecule has 0 aromatic heterocycles.